The fourth-order valence-corrected chi connectivity index (χ4v) is 6.84. The number of anilines is 4. The highest BCUT2D eigenvalue weighted by atomic mass is 35.5. The lowest BCUT2D eigenvalue weighted by Crippen LogP contribution is -2.39. The lowest BCUT2D eigenvalue weighted by atomic mass is 9.88. The minimum Gasteiger partial charge on any atom is -0.392 e. The number of piperidine rings is 2. The third-order valence-corrected chi connectivity index (χ3v) is 9.82. The molecule has 9 nitrogen and oxygen atoms in total. The summed E-state index contributed by atoms with van der Waals surface area (Å²) in [7, 11) is 3.65. The number of nitrogens with one attached hydrogen (secondary N) is 4. The van der Waals surface area contributed by atoms with Crippen molar-refractivity contribution in [2.24, 2.45) is 13.0 Å². The van der Waals surface area contributed by atoms with Gasteiger partial charge < -0.3 is 30.7 Å². The van der Waals surface area contributed by atoms with Crippen LogP contribution in [0.4, 0.5) is 23.1 Å². The highest BCUT2D eigenvalue weighted by molar-refractivity contribution is 6.32. The summed E-state index contributed by atoms with van der Waals surface area (Å²) in [5.41, 5.74) is 7.83. The molecule has 2 atom stereocenters. The molecule has 4 heterocycles. The molecule has 2 saturated heterocycles. The van der Waals surface area contributed by atoms with Crippen molar-refractivity contribution < 1.29 is 0 Å². The molecule has 2 unspecified atom stereocenters. The smallest absolute Gasteiger partial charge is 0.253 e. The maximum absolute atomic E-state index is 13.0. The highest BCUT2D eigenvalue weighted by Crippen LogP contribution is 2.33. The number of nitrogens with zero attached hydrogens (tertiary/aromatic N) is 4. The van der Waals surface area contributed by atoms with Crippen LogP contribution in [0, 0.1) is 5.92 Å². The Morgan fingerprint density at radius 2 is 1.90 bits per heavy atom. The zero-order chi connectivity index (χ0) is 33.8. The molecule has 4 aromatic rings. The van der Waals surface area contributed by atoms with Crippen LogP contribution in [0.1, 0.15) is 49.1 Å². The van der Waals surface area contributed by atoms with E-state index in [1.807, 2.05) is 38.4 Å². The van der Waals surface area contributed by atoms with Gasteiger partial charge in [-0.1, -0.05) is 43.5 Å². The van der Waals surface area contributed by atoms with Gasteiger partial charge in [-0.25, -0.2) is 4.98 Å². The summed E-state index contributed by atoms with van der Waals surface area (Å²) in [6.45, 7) is 14.9. The van der Waals surface area contributed by atoms with Crippen LogP contribution in [-0.2, 0) is 13.5 Å². The van der Waals surface area contributed by atoms with Crippen LogP contribution in [0.5, 0.6) is 0 Å². The Bertz CT molecular complexity index is 1900. The molecule has 48 heavy (non-hydrogen) atoms. The van der Waals surface area contributed by atoms with Crippen molar-refractivity contribution in [3.8, 4) is 0 Å². The predicted molar refractivity (Wildman–Crippen MR) is 199 cm³/mol. The van der Waals surface area contributed by atoms with E-state index in [4.69, 9.17) is 16.6 Å². The second kappa shape index (κ2) is 14.6. The van der Waals surface area contributed by atoms with E-state index in [9.17, 15) is 4.79 Å². The fourth-order valence-electron chi connectivity index (χ4n) is 6.70. The molecule has 6 rings (SSSR count). The van der Waals surface area contributed by atoms with Gasteiger partial charge in [0.15, 0.2) is 5.82 Å². The number of allylic oxidation sites excluding steroid dienone is 3. The van der Waals surface area contributed by atoms with Gasteiger partial charge in [0, 0.05) is 79.1 Å². The minimum absolute atomic E-state index is 0.00902. The molecule has 2 aliphatic heterocycles. The van der Waals surface area contributed by atoms with E-state index < -0.39 is 0 Å². The Morgan fingerprint density at radius 3 is 2.67 bits per heavy atom. The Kier molecular flexibility index (Phi) is 10.1. The number of halogens is 1. The van der Waals surface area contributed by atoms with Gasteiger partial charge in [0.2, 0.25) is 5.95 Å². The van der Waals surface area contributed by atoms with E-state index in [-0.39, 0.29) is 5.56 Å². The Hall–Kier alpha value is -4.76. The minimum atomic E-state index is 0.00902. The normalized spacial score (nSPS) is 18.0. The van der Waals surface area contributed by atoms with Crippen molar-refractivity contribution in [1.29, 1.82) is 0 Å². The van der Waals surface area contributed by atoms with Gasteiger partial charge in [0.1, 0.15) is 5.02 Å². The molecule has 2 fully saturated rings. The van der Waals surface area contributed by atoms with E-state index >= 15 is 0 Å². The summed E-state index contributed by atoms with van der Waals surface area (Å²) < 4.78 is 1.70. The number of aryl methyl sites for hydroxylation is 2. The zero-order valence-corrected chi connectivity index (χ0v) is 28.7. The molecule has 0 spiro atoms. The number of pyridine rings is 1. The first kappa shape index (κ1) is 33.2. The molecule has 0 aliphatic carbocycles. The molecule has 2 aliphatic rings. The Labute approximate surface area is 287 Å². The van der Waals surface area contributed by atoms with Crippen LogP contribution in [-0.4, -0.2) is 41.2 Å². The van der Waals surface area contributed by atoms with Crippen LogP contribution < -0.4 is 31.7 Å². The molecule has 4 N–H and O–H groups in total. The molecule has 0 amide bonds. The highest BCUT2D eigenvalue weighted by Gasteiger charge is 2.24. The van der Waals surface area contributed by atoms with Crippen molar-refractivity contribution in [2.75, 3.05) is 42.2 Å². The standard InChI is InChI=1S/C38H45ClN8O/c1-24(40-4)8-10-29-19-30-20-32(15-17-35(30)46(5)37(29)48)44-36-34(39)22-42-38(45-36)47-18-6-7-27(23-47)21-41-31-13-11-28(12-14-31)33-16-9-25(2)43-26(33)3/h11-15,17,19-20,22,27,33,40-41,43H,1-3,6-10,16,18,21,23H2,4-5H3,(H,42,44,45). The van der Waals surface area contributed by atoms with Crippen molar-refractivity contribution in [2.45, 2.75) is 44.4 Å². The number of aromatic nitrogens is 3. The van der Waals surface area contributed by atoms with E-state index in [0.29, 0.717) is 41.5 Å². The van der Waals surface area contributed by atoms with Crippen LogP contribution in [0.25, 0.3) is 10.9 Å². The van der Waals surface area contributed by atoms with Crippen LogP contribution in [0.3, 0.4) is 0 Å². The fraction of sp³-hybridized carbons (Fsp3) is 0.342. The maximum atomic E-state index is 13.0. The number of hydrogen-bond acceptors (Lipinski definition) is 8. The topological polar surface area (TPSA) is 99.1 Å². The van der Waals surface area contributed by atoms with Gasteiger partial charge in [0.05, 0.1) is 11.7 Å². The third kappa shape index (κ3) is 7.52. The summed E-state index contributed by atoms with van der Waals surface area (Å²) in [5, 5.41) is 14.8. The summed E-state index contributed by atoms with van der Waals surface area (Å²) >= 11 is 6.59. The lowest BCUT2D eigenvalue weighted by Gasteiger charge is -2.33. The second-order valence-electron chi connectivity index (χ2n) is 13.0. The molecular weight excluding hydrogens is 620 g/mol. The average Bonchev–Trinajstić information content (AvgIpc) is 3.09. The first-order valence-electron chi connectivity index (χ1n) is 16.7. The summed E-state index contributed by atoms with van der Waals surface area (Å²) in [4.78, 5) is 24.7. The van der Waals surface area contributed by atoms with Crippen molar-refractivity contribution >= 4 is 45.6 Å². The predicted octanol–water partition coefficient (Wildman–Crippen LogP) is 7.21. The first-order valence-corrected chi connectivity index (χ1v) is 17.1. The molecule has 0 bridgehead atoms. The van der Waals surface area contributed by atoms with Crippen LogP contribution in [0.2, 0.25) is 5.02 Å². The maximum Gasteiger partial charge on any atom is 0.253 e. The number of benzene rings is 2. The second-order valence-corrected chi connectivity index (χ2v) is 13.4. The molecule has 10 heteroatoms. The van der Waals surface area contributed by atoms with Gasteiger partial charge in [-0.15, -0.1) is 0 Å². The monoisotopic (exact) mass is 664 g/mol. The molecular formula is C38H45ClN8O. The SMILES string of the molecule is C=C(CCc1cc2cc(Nc3nc(N4CCCC(CNc5ccc(C6CCC(=C)NC6=C)cc5)C4)ncc3Cl)ccc2n(C)c1=O)NC. The molecule has 0 radical (unpaired) electrons. The number of hydrogen-bond donors (Lipinski definition) is 4. The van der Waals surface area contributed by atoms with Gasteiger partial charge in [-0.3, -0.25) is 4.79 Å². The largest absolute Gasteiger partial charge is 0.392 e. The Balaban J connectivity index is 1.10. The molecule has 2 aromatic heterocycles. The summed E-state index contributed by atoms with van der Waals surface area (Å²) in [6, 6.07) is 16.6. The summed E-state index contributed by atoms with van der Waals surface area (Å²) in [5.74, 6) is 1.99. The molecule has 2 aromatic carbocycles. The Morgan fingerprint density at radius 1 is 1.10 bits per heavy atom. The number of fused-ring (bicyclic) bond motifs is 1. The van der Waals surface area contributed by atoms with E-state index in [1.54, 1.807) is 10.8 Å². The van der Waals surface area contributed by atoms with Gasteiger partial charge >= 0.3 is 0 Å². The van der Waals surface area contributed by atoms with Crippen LogP contribution in [0.15, 0.2) is 96.4 Å². The van der Waals surface area contributed by atoms with Gasteiger partial charge in [-0.2, -0.15) is 4.98 Å². The van der Waals surface area contributed by atoms with Crippen molar-refractivity contribution in [3.63, 3.8) is 0 Å². The van der Waals surface area contributed by atoms with E-state index in [0.717, 1.165) is 90.2 Å². The molecule has 250 valence electrons. The average molecular weight is 665 g/mol. The third-order valence-electron chi connectivity index (χ3n) is 9.54. The van der Waals surface area contributed by atoms with Crippen molar-refractivity contribution in [3.05, 3.63) is 118 Å². The quantitative estimate of drug-likeness (QED) is 0.134. The molecule has 0 saturated carbocycles. The van der Waals surface area contributed by atoms with Crippen molar-refractivity contribution in [1.82, 2.24) is 25.2 Å². The number of rotatable bonds is 11. The summed E-state index contributed by atoms with van der Waals surface area (Å²) in [6.07, 6.45) is 7.20. The van der Waals surface area contributed by atoms with Gasteiger partial charge in [-0.05, 0) is 86.4 Å². The lowest BCUT2D eigenvalue weighted by molar-refractivity contribution is 0.428. The van der Waals surface area contributed by atoms with E-state index in [1.165, 1.54) is 5.56 Å². The zero-order valence-electron chi connectivity index (χ0n) is 27.9. The first-order chi connectivity index (χ1) is 23.2. The van der Waals surface area contributed by atoms with E-state index in [2.05, 4.69) is 75.2 Å². The van der Waals surface area contributed by atoms with Crippen LogP contribution >= 0.6 is 11.6 Å². The van der Waals surface area contributed by atoms with Gasteiger partial charge in [0.25, 0.3) is 5.56 Å².